The Morgan fingerprint density at radius 1 is 1.15 bits per heavy atom. The number of ether oxygens (including phenoxy) is 1. The number of halogens is 5. The van der Waals surface area contributed by atoms with Crippen molar-refractivity contribution < 1.29 is 27.1 Å². The largest absolute Gasteiger partial charge is 0.491 e. The van der Waals surface area contributed by atoms with Gasteiger partial charge in [0, 0.05) is 48.3 Å². The normalized spacial score (nSPS) is 15.4. The number of nitrogens with zero attached hydrogens (tertiary/aromatic N) is 4. The van der Waals surface area contributed by atoms with E-state index in [0.717, 1.165) is 6.07 Å². The highest BCUT2D eigenvalue weighted by Gasteiger charge is 2.40. The van der Waals surface area contributed by atoms with Crippen molar-refractivity contribution in [3.8, 4) is 16.9 Å². The van der Waals surface area contributed by atoms with E-state index < -0.39 is 23.6 Å². The van der Waals surface area contributed by atoms with Crippen LogP contribution in [0.5, 0.6) is 5.75 Å². The van der Waals surface area contributed by atoms with Gasteiger partial charge in [-0.3, -0.25) is 14.9 Å². The average Bonchev–Trinajstić information content (AvgIpc) is 3.46. The highest BCUT2D eigenvalue weighted by molar-refractivity contribution is 6.31. The molecule has 0 unspecified atom stereocenters. The van der Waals surface area contributed by atoms with Gasteiger partial charge in [0.25, 0.3) is 0 Å². The summed E-state index contributed by atoms with van der Waals surface area (Å²) in [5, 5.41) is 12.1. The lowest BCUT2D eigenvalue weighted by molar-refractivity contribution is -0.141. The van der Waals surface area contributed by atoms with Crippen molar-refractivity contribution in [3.05, 3.63) is 87.8 Å². The molecule has 1 aliphatic heterocycles. The molecule has 2 aromatic carbocycles. The number of benzene rings is 2. The van der Waals surface area contributed by atoms with Crippen LogP contribution in [0, 0.1) is 17.1 Å². The zero-order valence-corrected chi connectivity index (χ0v) is 21.8. The van der Waals surface area contributed by atoms with Crippen molar-refractivity contribution in [2.45, 2.75) is 32.6 Å². The molecule has 4 aromatic rings. The van der Waals surface area contributed by atoms with Gasteiger partial charge in [0.1, 0.15) is 11.6 Å². The van der Waals surface area contributed by atoms with Gasteiger partial charge in [-0.05, 0) is 48.7 Å². The van der Waals surface area contributed by atoms with E-state index in [0.29, 0.717) is 11.1 Å². The molecule has 12 heteroatoms. The van der Waals surface area contributed by atoms with Gasteiger partial charge < -0.3 is 13.9 Å². The zero-order chi connectivity index (χ0) is 28.1. The van der Waals surface area contributed by atoms with Crippen molar-refractivity contribution in [1.29, 1.82) is 5.41 Å². The quantitative estimate of drug-likeness (QED) is 0.317. The van der Waals surface area contributed by atoms with Crippen LogP contribution in [-0.2, 0) is 32.7 Å². The fraction of sp³-hybridized carbons (Fsp3) is 0.296. The second kappa shape index (κ2) is 10.0. The van der Waals surface area contributed by atoms with Crippen LogP contribution in [0.2, 0.25) is 5.02 Å². The second-order valence-corrected chi connectivity index (χ2v) is 9.84. The fourth-order valence-electron chi connectivity index (χ4n) is 4.74. The van der Waals surface area contributed by atoms with Gasteiger partial charge in [-0.2, -0.15) is 18.3 Å². The molecule has 0 aliphatic carbocycles. The number of hydrogen-bond donors (Lipinski definition) is 1. The predicted octanol–water partition coefficient (Wildman–Crippen LogP) is 5.48. The third kappa shape index (κ3) is 5.10. The molecule has 0 bridgehead atoms. The molecular weight excluding hydrogens is 538 g/mol. The molecule has 0 radical (unpaired) electrons. The Balaban J connectivity index is 1.63. The van der Waals surface area contributed by atoms with Gasteiger partial charge in [-0.1, -0.05) is 17.7 Å². The number of Topliss-reactive ketones (excluding diaryl/α,β-unsaturated/α-hetero) is 1. The maximum Gasteiger partial charge on any atom is 0.435 e. The summed E-state index contributed by atoms with van der Waals surface area (Å²) in [5.41, 5.74) is 0.218. The van der Waals surface area contributed by atoms with Crippen molar-refractivity contribution in [3.63, 3.8) is 0 Å². The van der Waals surface area contributed by atoms with Crippen LogP contribution >= 0.6 is 11.6 Å². The molecule has 0 spiro atoms. The molecule has 39 heavy (non-hydrogen) atoms. The summed E-state index contributed by atoms with van der Waals surface area (Å²) in [7, 11) is 1.70. The first kappa shape index (κ1) is 26.7. The van der Waals surface area contributed by atoms with Gasteiger partial charge >= 0.3 is 6.18 Å². The number of aryl methyl sites for hydroxylation is 2. The van der Waals surface area contributed by atoms with Crippen molar-refractivity contribution in [2.24, 2.45) is 13.0 Å². The third-order valence-electron chi connectivity index (χ3n) is 6.77. The van der Waals surface area contributed by atoms with E-state index in [-0.39, 0.29) is 65.0 Å². The SMILES string of the molecule is CCn1cc(-c2cc(Cn3ccn(C)c3=N)cc3c2OC[C@@H](Cc2ccc(F)cc2Cl)C3=O)c(C(F)(F)F)n1. The van der Waals surface area contributed by atoms with E-state index in [1.54, 1.807) is 47.6 Å². The maximum absolute atomic E-state index is 14.0. The van der Waals surface area contributed by atoms with Crippen LogP contribution in [-0.4, -0.2) is 31.3 Å². The number of alkyl halides is 3. The molecule has 1 aliphatic rings. The van der Waals surface area contributed by atoms with Gasteiger partial charge in [-0.25, -0.2) is 4.39 Å². The molecule has 204 valence electrons. The Labute approximate surface area is 225 Å². The second-order valence-electron chi connectivity index (χ2n) is 9.44. The first-order chi connectivity index (χ1) is 18.5. The number of carbonyl (C=O) groups is 1. The highest BCUT2D eigenvalue weighted by atomic mass is 35.5. The van der Waals surface area contributed by atoms with E-state index in [1.165, 1.54) is 23.0 Å². The number of rotatable bonds is 6. The molecule has 1 atom stereocenters. The van der Waals surface area contributed by atoms with E-state index in [4.69, 9.17) is 21.7 Å². The molecule has 7 nitrogen and oxygen atoms in total. The minimum Gasteiger partial charge on any atom is -0.491 e. The van der Waals surface area contributed by atoms with Crippen LogP contribution in [0.15, 0.2) is 48.9 Å². The number of ketones is 1. The van der Waals surface area contributed by atoms with Crippen molar-refractivity contribution in [2.75, 3.05) is 6.61 Å². The van der Waals surface area contributed by atoms with E-state index >= 15 is 0 Å². The Morgan fingerprint density at radius 2 is 1.90 bits per heavy atom. The lowest BCUT2D eigenvalue weighted by atomic mass is 9.86. The number of fused-ring (bicyclic) bond motifs is 1. The molecule has 3 heterocycles. The summed E-state index contributed by atoms with van der Waals surface area (Å²) in [5.74, 6) is -1.45. The summed E-state index contributed by atoms with van der Waals surface area (Å²) in [6.45, 7) is 1.95. The van der Waals surface area contributed by atoms with Gasteiger partial charge in [0.15, 0.2) is 11.5 Å². The molecule has 1 N–H and O–H groups in total. The fourth-order valence-corrected chi connectivity index (χ4v) is 4.99. The number of nitrogens with one attached hydrogen (secondary N) is 1. The first-order valence-corrected chi connectivity index (χ1v) is 12.5. The number of imidazole rings is 1. The van der Waals surface area contributed by atoms with E-state index in [9.17, 15) is 22.4 Å². The minimum atomic E-state index is -4.73. The molecule has 2 aromatic heterocycles. The smallest absolute Gasteiger partial charge is 0.435 e. The summed E-state index contributed by atoms with van der Waals surface area (Å²) in [6, 6.07) is 7.05. The molecule has 0 amide bonds. The maximum atomic E-state index is 14.0. The summed E-state index contributed by atoms with van der Waals surface area (Å²) < 4.78 is 65.9. The molecule has 0 fully saturated rings. The van der Waals surface area contributed by atoms with Crippen LogP contribution < -0.4 is 10.4 Å². The Bertz CT molecular complexity index is 1640. The van der Waals surface area contributed by atoms with Crippen LogP contribution in [0.25, 0.3) is 11.1 Å². The van der Waals surface area contributed by atoms with Crippen LogP contribution in [0.1, 0.15) is 34.1 Å². The topological polar surface area (TPSA) is 77.8 Å². The summed E-state index contributed by atoms with van der Waals surface area (Å²) >= 11 is 6.18. The molecule has 0 saturated carbocycles. The van der Waals surface area contributed by atoms with Gasteiger partial charge in [0.2, 0.25) is 5.62 Å². The van der Waals surface area contributed by atoms with Crippen LogP contribution in [0.3, 0.4) is 0 Å². The first-order valence-electron chi connectivity index (χ1n) is 12.2. The minimum absolute atomic E-state index is 0.0514. The van der Waals surface area contributed by atoms with Gasteiger partial charge in [0.05, 0.1) is 24.6 Å². The van der Waals surface area contributed by atoms with E-state index in [2.05, 4.69) is 5.10 Å². The molecular formula is C27H24ClF4N5O2. The van der Waals surface area contributed by atoms with E-state index in [1.807, 2.05) is 0 Å². The Morgan fingerprint density at radius 3 is 2.54 bits per heavy atom. The molecule has 5 rings (SSSR count). The summed E-state index contributed by atoms with van der Waals surface area (Å²) in [6.07, 6.45) is 0.0946. The zero-order valence-electron chi connectivity index (χ0n) is 21.0. The number of aromatic nitrogens is 4. The third-order valence-corrected chi connectivity index (χ3v) is 7.12. The Kier molecular flexibility index (Phi) is 6.88. The number of hydrogen-bond acceptors (Lipinski definition) is 4. The monoisotopic (exact) mass is 561 g/mol. The number of carbonyl (C=O) groups excluding carboxylic acids is 1. The standard InChI is InChI=1S/C27H24ClF4N5O2/c1-3-37-13-21(25(34-37)27(30,31)32)19-8-15(12-36-7-6-35(2)26(36)33)9-20-23(38)17(14-39-24(19)20)10-16-4-5-18(29)11-22(16)28/h4-9,11,13,17,33H,3,10,12,14H2,1-2H3/t17-/m1/s1. The van der Waals surface area contributed by atoms with Crippen LogP contribution in [0.4, 0.5) is 17.6 Å². The Hall–Kier alpha value is -3.86. The van der Waals surface area contributed by atoms with Crippen molar-refractivity contribution in [1.82, 2.24) is 18.9 Å². The van der Waals surface area contributed by atoms with Gasteiger partial charge in [-0.15, -0.1) is 0 Å². The summed E-state index contributed by atoms with van der Waals surface area (Å²) in [4.78, 5) is 13.7. The highest BCUT2D eigenvalue weighted by Crippen LogP contribution is 2.44. The molecule has 0 saturated heterocycles. The lowest BCUT2D eigenvalue weighted by Crippen LogP contribution is -2.30. The van der Waals surface area contributed by atoms with Crippen molar-refractivity contribution >= 4 is 17.4 Å². The average molecular weight is 562 g/mol. The lowest BCUT2D eigenvalue weighted by Gasteiger charge is -2.27. The predicted molar refractivity (Wildman–Crippen MR) is 135 cm³/mol.